The minimum Gasteiger partial charge on any atom is -0.497 e. The summed E-state index contributed by atoms with van der Waals surface area (Å²) in [4.78, 5) is 15.1. The highest BCUT2D eigenvalue weighted by molar-refractivity contribution is 5.96. The van der Waals surface area contributed by atoms with Gasteiger partial charge in [-0.05, 0) is 67.9 Å². The van der Waals surface area contributed by atoms with E-state index in [1.807, 2.05) is 24.3 Å². The molecule has 1 fully saturated rings. The van der Waals surface area contributed by atoms with Gasteiger partial charge in [-0.1, -0.05) is 19.8 Å². The molecule has 1 saturated carbocycles. The Morgan fingerprint density at radius 1 is 1.26 bits per heavy atom. The first-order chi connectivity index (χ1) is 11.2. The van der Waals surface area contributed by atoms with Gasteiger partial charge in [-0.25, -0.2) is 0 Å². The minimum atomic E-state index is 0.153. The summed E-state index contributed by atoms with van der Waals surface area (Å²) in [7, 11) is 1.65. The van der Waals surface area contributed by atoms with Crippen molar-refractivity contribution in [1.82, 2.24) is 4.90 Å². The number of rotatable bonds is 5. The SMILES string of the molecule is CCCCC1=C2CCCCC2CN1C(=O)c1ccc(OC)cc1. The summed E-state index contributed by atoms with van der Waals surface area (Å²) < 4.78 is 5.19. The van der Waals surface area contributed by atoms with Crippen molar-refractivity contribution in [3.05, 3.63) is 41.1 Å². The molecule has 1 aliphatic heterocycles. The standard InChI is InChI=1S/C20H27NO2/c1-3-4-9-19-18-8-6-5-7-16(18)14-21(19)20(22)15-10-12-17(23-2)13-11-15/h10-13,16H,3-9,14H2,1-2H3. The lowest BCUT2D eigenvalue weighted by Crippen LogP contribution is -2.29. The molecule has 1 unspecified atom stereocenters. The average molecular weight is 313 g/mol. The fourth-order valence-electron chi connectivity index (χ4n) is 3.90. The van der Waals surface area contributed by atoms with Crippen LogP contribution in [0.25, 0.3) is 0 Å². The van der Waals surface area contributed by atoms with Crippen LogP contribution >= 0.6 is 0 Å². The van der Waals surface area contributed by atoms with Gasteiger partial charge in [0.05, 0.1) is 7.11 Å². The van der Waals surface area contributed by atoms with E-state index in [0.717, 1.165) is 30.7 Å². The quantitative estimate of drug-likeness (QED) is 0.782. The van der Waals surface area contributed by atoms with Crippen molar-refractivity contribution in [3.63, 3.8) is 0 Å². The topological polar surface area (TPSA) is 29.5 Å². The van der Waals surface area contributed by atoms with Gasteiger partial charge in [-0.15, -0.1) is 0 Å². The summed E-state index contributed by atoms with van der Waals surface area (Å²) in [6.45, 7) is 3.10. The van der Waals surface area contributed by atoms with E-state index in [-0.39, 0.29) is 5.91 Å². The second-order valence-corrected chi connectivity index (χ2v) is 6.66. The molecule has 0 saturated heterocycles. The first-order valence-electron chi connectivity index (χ1n) is 8.92. The smallest absolute Gasteiger partial charge is 0.258 e. The Bertz CT molecular complexity index is 588. The van der Waals surface area contributed by atoms with Gasteiger partial charge in [-0.3, -0.25) is 4.79 Å². The molecule has 0 radical (unpaired) electrons. The summed E-state index contributed by atoms with van der Waals surface area (Å²) in [6, 6.07) is 7.50. The van der Waals surface area contributed by atoms with E-state index in [4.69, 9.17) is 4.74 Å². The largest absolute Gasteiger partial charge is 0.497 e. The molecule has 3 rings (SSSR count). The summed E-state index contributed by atoms with van der Waals surface area (Å²) in [5, 5.41) is 0. The van der Waals surface area contributed by atoms with E-state index in [0.29, 0.717) is 5.92 Å². The van der Waals surface area contributed by atoms with Gasteiger partial charge in [0.2, 0.25) is 0 Å². The highest BCUT2D eigenvalue weighted by Gasteiger charge is 2.35. The van der Waals surface area contributed by atoms with Gasteiger partial charge < -0.3 is 9.64 Å². The zero-order valence-corrected chi connectivity index (χ0v) is 14.3. The molecule has 3 nitrogen and oxygen atoms in total. The third-order valence-corrected chi connectivity index (χ3v) is 5.19. The second kappa shape index (κ2) is 7.20. The summed E-state index contributed by atoms with van der Waals surface area (Å²) in [5.74, 6) is 1.56. The number of hydrogen-bond donors (Lipinski definition) is 0. The number of carbonyl (C=O) groups is 1. The molecule has 1 aromatic carbocycles. The first kappa shape index (κ1) is 16.1. The molecule has 0 aromatic heterocycles. The summed E-state index contributed by atoms with van der Waals surface area (Å²) in [5.41, 5.74) is 3.67. The summed E-state index contributed by atoms with van der Waals surface area (Å²) >= 11 is 0. The van der Waals surface area contributed by atoms with E-state index in [1.54, 1.807) is 12.7 Å². The monoisotopic (exact) mass is 313 g/mol. The molecule has 1 amide bonds. The van der Waals surface area contributed by atoms with Crippen molar-refractivity contribution in [2.75, 3.05) is 13.7 Å². The zero-order chi connectivity index (χ0) is 16.2. The maximum Gasteiger partial charge on any atom is 0.258 e. The molecule has 0 N–H and O–H groups in total. The number of allylic oxidation sites excluding steroid dienone is 1. The van der Waals surface area contributed by atoms with Crippen LogP contribution in [-0.4, -0.2) is 24.5 Å². The van der Waals surface area contributed by atoms with Crippen molar-refractivity contribution in [3.8, 4) is 5.75 Å². The number of methoxy groups -OCH3 is 1. The van der Waals surface area contributed by atoms with E-state index >= 15 is 0 Å². The van der Waals surface area contributed by atoms with Crippen LogP contribution in [0.1, 0.15) is 62.2 Å². The molecule has 1 heterocycles. The van der Waals surface area contributed by atoms with Gasteiger partial charge in [-0.2, -0.15) is 0 Å². The number of unbranched alkanes of at least 4 members (excludes halogenated alkanes) is 1. The number of carbonyl (C=O) groups excluding carboxylic acids is 1. The first-order valence-corrected chi connectivity index (χ1v) is 8.92. The van der Waals surface area contributed by atoms with Crippen molar-refractivity contribution in [1.29, 1.82) is 0 Å². The second-order valence-electron chi connectivity index (χ2n) is 6.66. The molecule has 1 aliphatic carbocycles. The van der Waals surface area contributed by atoms with Crippen molar-refractivity contribution in [2.24, 2.45) is 5.92 Å². The highest BCUT2D eigenvalue weighted by Crippen LogP contribution is 2.41. The maximum absolute atomic E-state index is 13.0. The molecule has 0 spiro atoms. The van der Waals surface area contributed by atoms with Gasteiger partial charge in [0.15, 0.2) is 0 Å². The molecule has 1 aromatic rings. The number of benzene rings is 1. The number of fused-ring (bicyclic) bond motifs is 1. The van der Waals surface area contributed by atoms with Crippen LogP contribution in [-0.2, 0) is 0 Å². The Kier molecular flexibility index (Phi) is 5.04. The minimum absolute atomic E-state index is 0.153. The van der Waals surface area contributed by atoms with E-state index < -0.39 is 0 Å². The molecule has 124 valence electrons. The maximum atomic E-state index is 13.0. The van der Waals surface area contributed by atoms with Gasteiger partial charge >= 0.3 is 0 Å². The van der Waals surface area contributed by atoms with Gasteiger partial charge in [0, 0.05) is 17.8 Å². The lowest BCUT2D eigenvalue weighted by molar-refractivity contribution is 0.0803. The third-order valence-electron chi connectivity index (χ3n) is 5.19. The van der Waals surface area contributed by atoms with Crippen LogP contribution in [0.2, 0.25) is 0 Å². The van der Waals surface area contributed by atoms with E-state index in [9.17, 15) is 4.79 Å². The van der Waals surface area contributed by atoms with Crippen LogP contribution in [0.4, 0.5) is 0 Å². The van der Waals surface area contributed by atoms with Gasteiger partial charge in [0.1, 0.15) is 5.75 Å². The van der Waals surface area contributed by atoms with Crippen LogP contribution in [0.15, 0.2) is 35.5 Å². The Labute approximate surface area is 139 Å². The predicted molar refractivity (Wildman–Crippen MR) is 92.5 cm³/mol. The van der Waals surface area contributed by atoms with Crippen LogP contribution in [0, 0.1) is 5.92 Å². The predicted octanol–water partition coefficient (Wildman–Crippen LogP) is 4.79. The van der Waals surface area contributed by atoms with Crippen LogP contribution < -0.4 is 4.74 Å². The van der Waals surface area contributed by atoms with Crippen molar-refractivity contribution >= 4 is 5.91 Å². The molecular weight excluding hydrogens is 286 g/mol. The highest BCUT2D eigenvalue weighted by atomic mass is 16.5. The molecule has 23 heavy (non-hydrogen) atoms. The Morgan fingerprint density at radius 3 is 2.74 bits per heavy atom. The number of nitrogens with zero attached hydrogens (tertiary/aromatic N) is 1. The van der Waals surface area contributed by atoms with Crippen LogP contribution in [0.3, 0.4) is 0 Å². The van der Waals surface area contributed by atoms with Crippen molar-refractivity contribution in [2.45, 2.75) is 51.9 Å². The Morgan fingerprint density at radius 2 is 2.04 bits per heavy atom. The van der Waals surface area contributed by atoms with Gasteiger partial charge in [0.25, 0.3) is 5.91 Å². The third kappa shape index (κ3) is 3.29. The molecule has 0 bridgehead atoms. The molecular formula is C20H27NO2. The summed E-state index contributed by atoms with van der Waals surface area (Å²) in [6.07, 6.45) is 8.41. The van der Waals surface area contributed by atoms with E-state index in [1.165, 1.54) is 37.8 Å². The lowest BCUT2D eigenvalue weighted by atomic mass is 9.85. The number of ether oxygens (including phenoxy) is 1. The van der Waals surface area contributed by atoms with E-state index in [2.05, 4.69) is 11.8 Å². The fourth-order valence-corrected chi connectivity index (χ4v) is 3.90. The fraction of sp³-hybridized carbons (Fsp3) is 0.550. The Balaban J connectivity index is 1.84. The molecule has 2 aliphatic rings. The normalized spacial score (nSPS) is 20.6. The van der Waals surface area contributed by atoms with Crippen LogP contribution in [0.5, 0.6) is 5.75 Å². The lowest BCUT2D eigenvalue weighted by Gasteiger charge is -2.21. The van der Waals surface area contributed by atoms with Crippen molar-refractivity contribution < 1.29 is 9.53 Å². The number of hydrogen-bond acceptors (Lipinski definition) is 2. The Hall–Kier alpha value is -1.77. The average Bonchev–Trinajstić information content (AvgIpc) is 2.98. The number of amides is 1. The zero-order valence-electron chi connectivity index (χ0n) is 14.3. The molecule has 3 heteroatoms. The molecule has 1 atom stereocenters.